The van der Waals surface area contributed by atoms with Crippen LogP contribution in [-0.2, 0) is 21.7 Å². The van der Waals surface area contributed by atoms with Crippen LogP contribution in [-0.4, -0.2) is 46.8 Å². The Morgan fingerprint density at radius 2 is 2.00 bits per heavy atom. The highest BCUT2D eigenvalue weighted by Gasteiger charge is 2.39. The fourth-order valence-electron chi connectivity index (χ4n) is 4.70. The van der Waals surface area contributed by atoms with Crippen molar-refractivity contribution in [2.24, 2.45) is 0 Å². The van der Waals surface area contributed by atoms with Crippen LogP contribution in [0.15, 0.2) is 30.3 Å². The van der Waals surface area contributed by atoms with E-state index in [-0.39, 0.29) is 24.8 Å². The van der Waals surface area contributed by atoms with Gasteiger partial charge in [-0.3, -0.25) is 19.7 Å². The molecule has 5 amide bonds. The molecule has 0 radical (unpaired) electrons. The van der Waals surface area contributed by atoms with Crippen molar-refractivity contribution in [1.29, 1.82) is 0 Å². The number of anilines is 1. The summed E-state index contributed by atoms with van der Waals surface area (Å²) in [6, 6.07) is 7.81. The van der Waals surface area contributed by atoms with Crippen molar-refractivity contribution in [2.45, 2.75) is 51.7 Å². The molecule has 3 heterocycles. The molecule has 3 aromatic rings. The van der Waals surface area contributed by atoms with Crippen LogP contribution in [0.25, 0.3) is 10.2 Å². The van der Waals surface area contributed by atoms with Crippen LogP contribution < -0.4 is 20.7 Å². The molecule has 2 aliphatic rings. The molecule has 1 aromatic heterocycles. The fraction of sp³-hybridized carbons (Fsp3) is 0.346. The molecule has 2 aliphatic heterocycles. The summed E-state index contributed by atoms with van der Waals surface area (Å²) in [6.07, 6.45) is 0.492. The van der Waals surface area contributed by atoms with Gasteiger partial charge >= 0.3 is 6.03 Å². The average molecular weight is 522 g/mol. The number of imide groups is 1. The van der Waals surface area contributed by atoms with Gasteiger partial charge in [0, 0.05) is 24.2 Å². The summed E-state index contributed by atoms with van der Waals surface area (Å²) in [5.74, 6) is -0.285. The second kappa shape index (κ2) is 9.15. The first kappa shape index (κ1) is 24.7. The Hall–Kier alpha value is -3.99. The standard InChI is InChI=1S/C26H27N5O5S/c1-13-9-16(36-4)11-19-21(13)29-24(37-19)26(2,3)30-25(35)27-15-5-6-17-14(10-15)12-31(23(17)34)18-7-8-20(32)28-22(18)33/h5-6,9-11,18H,7-8,12H2,1-4H3,(H2,27,30,35)(H,28,32,33). The first-order valence-corrected chi connectivity index (χ1v) is 12.7. The van der Waals surface area contributed by atoms with E-state index in [1.807, 2.05) is 32.9 Å². The lowest BCUT2D eigenvalue weighted by atomic mass is 10.0. The lowest BCUT2D eigenvalue weighted by Crippen LogP contribution is -2.52. The molecule has 37 heavy (non-hydrogen) atoms. The Balaban J connectivity index is 1.28. The Morgan fingerprint density at radius 1 is 1.22 bits per heavy atom. The van der Waals surface area contributed by atoms with Gasteiger partial charge in [0.25, 0.3) is 5.91 Å². The Labute approximate surface area is 217 Å². The topological polar surface area (TPSA) is 130 Å². The second-order valence-electron chi connectivity index (χ2n) is 9.79. The van der Waals surface area contributed by atoms with Crippen molar-refractivity contribution in [3.8, 4) is 5.75 Å². The molecular weight excluding hydrogens is 494 g/mol. The molecule has 1 unspecified atom stereocenters. The molecule has 1 fully saturated rings. The maximum atomic E-state index is 12.9. The van der Waals surface area contributed by atoms with Gasteiger partial charge < -0.3 is 20.3 Å². The number of piperidine rings is 1. The molecule has 11 heteroatoms. The number of hydrogen-bond acceptors (Lipinski definition) is 7. The zero-order chi connectivity index (χ0) is 26.5. The molecule has 2 aromatic carbocycles. The van der Waals surface area contributed by atoms with E-state index in [0.29, 0.717) is 23.2 Å². The summed E-state index contributed by atoms with van der Waals surface area (Å²) in [5.41, 5.74) is 2.84. The van der Waals surface area contributed by atoms with Crippen molar-refractivity contribution in [1.82, 2.24) is 20.5 Å². The number of aromatic nitrogens is 1. The van der Waals surface area contributed by atoms with Crippen LogP contribution in [0.4, 0.5) is 10.5 Å². The Morgan fingerprint density at radius 3 is 2.73 bits per heavy atom. The SMILES string of the molecule is COc1cc(C)c2nc(C(C)(C)NC(=O)Nc3ccc4c(c3)CN(C3CCC(=O)NC3=O)C4=O)sc2c1. The number of thiazole rings is 1. The summed E-state index contributed by atoms with van der Waals surface area (Å²) in [7, 11) is 1.62. The Kier molecular flexibility index (Phi) is 6.10. The maximum Gasteiger partial charge on any atom is 0.319 e. The maximum absolute atomic E-state index is 12.9. The number of amides is 5. The molecule has 1 saturated heterocycles. The molecule has 3 N–H and O–H groups in total. The number of benzene rings is 2. The summed E-state index contributed by atoms with van der Waals surface area (Å²) in [5, 5.41) is 8.87. The second-order valence-corrected chi connectivity index (χ2v) is 10.8. The number of nitrogens with one attached hydrogen (secondary N) is 3. The van der Waals surface area contributed by atoms with Crippen molar-refractivity contribution in [3.05, 3.63) is 52.0 Å². The predicted molar refractivity (Wildman–Crippen MR) is 139 cm³/mol. The largest absolute Gasteiger partial charge is 0.497 e. The molecule has 192 valence electrons. The molecule has 0 spiro atoms. The third kappa shape index (κ3) is 4.62. The van der Waals surface area contributed by atoms with Crippen LogP contribution in [0.3, 0.4) is 0 Å². The molecule has 0 saturated carbocycles. The quantitative estimate of drug-likeness (QED) is 0.441. The van der Waals surface area contributed by atoms with E-state index < -0.39 is 23.5 Å². The van der Waals surface area contributed by atoms with Crippen LogP contribution in [0.2, 0.25) is 0 Å². The first-order chi connectivity index (χ1) is 17.6. The highest BCUT2D eigenvalue weighted by atomic mass is 32.1. The zero-order valence-electron chi connectivity index (χ0n) is 20.9. The van der Waals surface area contributed by atoms with Crippen molar-refractivity contribution in [2.75, 3.05) is 12.4 Å². The third-order valence-electron chi connectivity index (χ3n) is 6.64. The Bertz CT molecular complexity index is 1460. The van der Waals surface area contributed by atoms with Crippen molar-refractivity contribution in [3.63, 3.8) is 0 Å². The molecule has 1 atom stereocenters. The first-order valence-electron chi connectivity index (χ1n) is 11.9. The number of nitrogens with zero attached hydrogens (tertiary/aromatic N) is 2. The number of aryl methyl sites for hydroxylation is 1. The van der Waals surface area contributed by atoms with Crippen molar-refractivity contribution >= 4 is 51.0 Å². The third-order valence-corrected chi connectivity index (χ3v) is 7.96. The fourth-order valence-corrected chi connectivity index (χ4v) is 5.83. The van der Waals surface area contributed by atoms with E-state index >= 15 is 0 Å². The van der Waals surface area contributed by atoms with Crippen molar-refractivity contribution < 1.29 is 23.9 Å². The molecule has 5 rings (SSSR count). The van der Waals surface area contributed by atoms with Gasteiger partial charge in [0.15, 0.2) is 0 Å². The highest BCUT2D eigenvalue weighted by Crippen LogP contribution is 2.34. The molecular formula is C26H27N5O5S. The number of urea groups is 1. The monoisotopic (exact) mass is 521 g/mol. The molecule has 0 bridgehead atoms. The van der Waals surface area contributed by atoms with Gasteiger partial charge in [0.2, 0.25) is 11.8 Å². The zero-order valence-corrected chi connectivity index (χ0v) is 21.7. The molecule has 10 nitrogen and oxygen atoms in total. The lowest BCUT2D eigenvalue weighted by Gasteiger charge is -2.29. The number of hydrogen-bond donors (Lipinski definition) is 3. The minimum Gasteiger partial charge on any atom is -0.497 e. The average Bonchev–Trinajstić information content (AvgIpc) is 3.41. The number of methoxy groups -OCH3 is 1. The lowest BCUT2D eigenvalue weighted by molar-refractivity contribution is -0.136. The normalized spacial score (nSPS) is 17.6. The van der Waals surface area contributed by atoms with Gasteiger partial charge in [-0.25, -0.2) is 9.78 Å². The van der Waals surface area contributed by atoms with E-state index in [1.165, 1.54) is 16.2 Å². The van der Waals surface area contributed by atoms with Crippen LogP contribution in [0.5, 0.6) is 5.75 Å². The van der Waals surface area contributed by atoms with E-state index in [4.69, 9.17) is 9.72 Å². The number of ether oxygens (including phenoxy) is 1. The minimum atomic E-state index is -0.747. The van der Waals surface area contributed by atoms with Gasteiger partial charge in [-0.05, 0) is 68.7 Å². The summed E-state index contributed by atoms with van der Waals surface area (Å²) < 4.78 is 6.34. The van der Waals surface area contributed by atoms with E-state index in [9.17, 15) is 19.2 Å². The minimum absolute atomic E-state index is 0.196. The van der Waals surface area contributed by atoms with E-state index in [1.54, 1.807) is 25.3 Å². The van der Waals surface area contributed by atoms with Crippen LogP contribution >= 0.6 is 11.3 Å². The smallest absolute Gasteiger partial charge is 0.319 e. The summed E-state index contributed by atoms with van der Waals surface area (Å²) >= 11 is 1.50. The van der Waals surface area contributed by atoms with Gasteiger partial charge in [-0.2, -0.15) is 0 Å². The van der Waals surface area contributed by atoms with E-state index in [2.05, 4.69) is 16.0 Å². The number of rotatable bonds is 5. The van der Waals surface area contributed by atoms with Gasteiger partial charge in [-0.1, -0.05) is 0 Å². The predicted octanol–water partition coefficient (Wildman–Crippen LogP) is 3.43. The van der Waals surface area contributed by atoms with Gasteiger partial charge in [-0.15, -0.1) is 11.3 Å². The number of carbonyl (C=O) groups excluding carboxylic acids is 4. The number of carbonyl (C=O) groups is 4. The summed E-state index contributed by atoms with van der Waals surface area (Å²) in [4.78, 5) is 55.8. The highest BCUT2D eigenvalue weighted by molar-refractivity contribution is 7.18. The van der Waals surface area contributed by atoms with E-state index in [0.717, 1.165) is 26.5 Å². The van der Waals surface area contributed by atoms with Crippen LogP contribution in [0, 0.1) is 6.92 Å². The van der Waals surface area contributed by atoms with Crippen LogP contribution in [0.1, 0.15) is 53.2 Å². The summed E-state index contributed by atoms with van der Waals surface area (Å²) in [6.45, 7) is 5.98. The van der Waals surface area contributed by atoms with Gasteiger partial charge in [0.1, 0.15) is 16.8 Å². The number of fused-ring (bicyclic) bond motifs is 2. The van der Waals surface area contributed by atoms with Gasteiger partial charge in [0.05, 0.1) is 22.9 Å². The molecule has 0 aliphatic carbocycles.